The van der Waals surface area contributed by atoms with Crippen LogP contribution in [0, 0.1) is 5.92 Å². The molecule has 130 valence electrons. The molecule has 0 unspecified atom stereocenters. The van der Waals surface area contributed by atoms with Crippen molar-refractivity contribution < 1.29 is 9.32 Å². The second-order valence-electron chi connectivity index (χ2n) is 6.80. The number of nitrogens with zero attached hydrogens (tertiary/aromatic N) is 3. The SMILES string of the molecule is CCCCc1noc([C@H](C)N2CCC(NC(=O)C(C)C)CC2)n1. The number of rotatable bonds is 7. The van der Waals surface area contributed by atoms with Crippen molar-refractivity contribution in [1.29, 1.82) is 0 Å². The summed E-state index contributed by atoms with van der Waals surface area (Å²) in [5.41, 5.74) is 0. The van der Waals surface area contributed by atoms with Crippen molar-refractivity contribution in [3.05, 3.63) is 11.7 Å². The summed E-state index contributed by atoms with van der Waals surface area (Å²) in [5.74, 6) is 1.72. The lowest BCUT2D eigenvalue weighted by Crippen LogP contribution is -2.46. The molecule has 1 aromatic rings. The third-order valence-electron chi connectivity index (χ3n) is 4.54. The fraction of sp³-hybridized carbons (Fsp3) is 0.824. The lowest BCUT2D eigenvalue weighted by Gasteiger charge is -2.35. The van der Waals surface area contributed by atoms with Crippen molar-refractivity contribution in [1.82, 2.24) is 20.4 Å². The zero-order valence-electron chi connectivity index (χ0n) is 14.8. The number of nitrogens with one attached hydrogen (secondary N) is 1. The molecule has 1 aromatic heterocycles. The number of carbonyl (C=O) groups excluding carboxylic acids is 1. The maximum Gasteiger partial charge on any atom is 0.243 e. The predicted octanol–water partition coefficient (Wildman–Crippen LogP) is 2.71. The molecule has 1 N–H and O–H groups in total. The van der Waals surface area contributed by atoms with E-state index in [1.807, 2.05) is 13.8 Å². The van der Waals surface area contributed by atoms with Gasteiger partial charge in [0, 0.05) is 31.5 Å². The van der Waals surface area contributed by atoms with Gasteiger partial charge in [0.15, 0.2) is 5.82 Å². The molecule has 1 amide bonds. The smallest absolute Gasteiger partial charge is 0.243 e. The quantitative estimate of drug-likeness (QED) is 0.835. The second-order valence-corrected chi connectivity index (χ2v) is 6.80. The van der Waals surface area contributed by atoms with E-state index in [1.54, 1.807) is 0 Å². The molecule has 0 radical (unpaired) electrons. The van der Waals surface area contributed by atoms with E-state index in [4.69, 9.17) is 4.52 Å². The van der Waals surface area contributed by atoms with Crippen LogP contribution in [0.15, 0.2) is 4.52 Å². The molecular weight excluding hydrogens is 292 g/mol. The van der Waals surface area contributed by atoms with E-state index in [1.165, 1.54) is 0 Å². The van der Waals surface area contributed by atoms with E-state index in [2.05, 4.69) is 34.2 Å². The van der Waals surface area contributed by atoms with Gasteiger partial charge in [-0.2, -0.15) is 4.98 Å². The molecule has 0 bridgehead atoms. The van der Waals surface area contributed by atoms with Crippen molar-refractivity contribution >= 4 is 5.91 Å². The zero-order valence-corrected chi connectivity index (χ0v) is 14.8. The number of aryl methyl sites for hydroxylation is 1. The van der Waals surface area contributed by atoms with Gasteiger partial charge in [0.2, 0.25) is 11.8 Å². The minimum Gasteiger partial charge on any atom is -0.353 e. The first-order valence-electron chi connectivity index (χ1n) is 8.88. The number of piperidine rings is 1. The van der Waals surface area contributed by atoms with Gasteiger partial charge < -0.3 is 9.84 Å². The molecule has 1 fully saturated rings. The van der Waals surface area contributed by atoms with Crippen LogP contribution in [-0.2, 0) is 11.2 Å². The number of unbranched alkanes of at least 4 members (excludes halogenated alkanes) is 1. The Morgan fingerprint density at radius 3 is 2.65 bits per heavy atom. The van der Waals surface area contributed by atoms with Gasteiger partial charge in [0.05, 0.1) is 6.04 Å². The average Bonchev–Trinajstić information content (AvgIpc) is 3.01. The molecule has 0 aromatic carbocycles. The van der Waals surface area contributed by atoms with Crippen LogP contribution >= 0.6 is 0 Å². The molecule has 2 rings (SSSR count). The molecule has 0 spiro atoms. The topological polar surface area (TPSA) is 71.3 Å². The van der Waals surface area contributed by atoms with E-state index in [9.17, 15) is 4.79 Å². The van der Waals surface area contributed by atoms with Crippen molar-refractivity contribution in [3.8, 4) is 0 Å². The van der Waals surface area contributed by atoms with Crippen LogP contribution in [0.1, 0.15) is 71.1 Å². The molecule has 1 atom stereocenters. The Morgan fingerprint density at radius 1 is 1.35 bits per heavy atom. The highest BCUT2D eigenvalue weighted by Gasteiger charge is 2.27. The van der Waals surface area contributed by atoms with E-state index in [0.717, 1.165) is 51.0 Å². The predicted molar refractivity (Wildman–Crippen MR) is 88.9 cm³/mol. The Morgan fingerprint density at radius 2 is 2.04 bits per heavy atom. The molecule has 0 aliphatic carbocycles. The lowest BCUT2D eigenvalue weighted by atomic mass is 10.0. The highest BCUT2D eigenvalue weighted by Crippen LogP contribution is 2.23. The van der Waals surface area contributed by atoms with Gasteiger partial charge in [0.1, 0.15) is 0 Å². The second kappa shape index (κ2) is 8.43. The van der Waals surface area contributed by atoms with Gasteiger partial charge in [-0.15, -0.1) is 0 Å². The van der Waals surface area contributed by atoms with Gasteiger partial charge >= 0.3 is 0 Å². The van der Waals surface area contributed by atoms with Crippen LogP contribution in [0.3, 0.4) is 0 Å². The summed E-state index contributed by atoms with van der Waals surface area (Å²) in [6.07, 6.45) is 5.05. The van der Waals surface area contributed by atoms with Crippen LogP contribution in [-0.4, -0.2) is 40.1 Å². The average molecular weight is 322 g/mol. The summed E-state index contributed by atoms with van der Waals surface area (Å²) in [4.78, 5) is 18.7. The van der Waals surface area contributed by atoms with E-state index in [-0.39, 0.29) is 23.9 Å². The van der Waals surface area contributed by atoms with Gasteiger partial charge in [-0.1, -0.05) is 32.3 Å². The third-order valence-corrected chi connectivity index (χ3v) is 4.54. The zero-order chi connectivity index (χ0) is 16.8. The number of hydrogen-bond donors (Lipinski definition) is 1. The molecule has 1 aliphatic heterocycles. The molecule has 23 heavy (non-hydrogen) atoms. The standard InChI is InChI=1S/C17H30N4O2/c1-5-6-7-15-19-17(23-20-15)13(4)21-10-8-14(9-11-21)18-16(22)12(2)3/h12-14H,5-11H2,1-4H3,(H,18,22)/t13-/m0/s1. The normalized spacial score (nSPS) is 18.3. The summed E-state index contributed by atoms with van der Waals surface area (Å²) >= 11 is 0. The highest BCUT2D eigenvalue weighted by atomic mass is 16.5. The molecule has 0 saturated carbocycles. The fourth-order valence-electron chi connectivity index (χ4n) is 2.83. The molecule has 2 heterocycles. The Balaban J connectivity index is 1.82. The monoisotopic (exact) mass is 322 g/mol. The third kappa shape index (κ3) is 5.03. The number of amides is 1. The molecule has 1 saturated heterocycles. The maximum atomic E-state index is 11.8. The van der Waals surface area contributed by atoms with Crippen molar-refractivity contribution in [2.45, 2.75) is 71.9 Å². The first kappa shape index (κ1) is 17.9. The van der Waals surface area contributed by atoms with E-state index in [0.29, 0.717) is 5.89 Å². The van der Waals surface area contributed by atoms with Crippen molar-refractivity contribution in [3.63, 3.8) is 0 Å². The number of hydrogen-bond acceptors (Lipinski definition) is 5. The summed E-state index contributed by atoms with van der Waals surface area (Å²) in [6, 6.07) is 0.427. The van der Waals surface area contributed by atoms with Gasteiger partial charge in [0.25, 0.3) is 0 Å². The molecule has 6 nitrogen and oxygen atoms in total. The van der Waals surface area contributed by atoms with Crippen LogP contribution in [0.5, 0.6) is 0 Å². The first-order chi connectivity index (χ1) is 11.0. The van der Waals surface area contributed by atoms with Crippen LogP contribution in [0.4, 0.5) is 0 Å². The Kier molecular flexibility index (Phi) is 6.57. The Labute approximate surface area is 139 Å². The summed E-state index contributed by atoms with van der Waals surface area (Å²) in [7, 11) is 0. The Hall–Kier alpha value is -1.43. The number of carbonyl (C=O) groups is 1. The van der Waals surface area contributed by atoms with Gasteiger partial charge in [-0.3, -0.25) is 9.69 Å². The van der Waals surface area contributed by atoms with Gasteiger partial charge in [-0.25, -0.2) is 0 Å². The number of likely N-dealkylation sites (tertiary alicyclic amines) is 1. The largest absolute Gasteiger partial charge is 0.353 e. The summed E-state index contributed by atoms with van der Waals surface area (Å²) in [6.45, 7) is 10.0. The minimum absolute atomic E-state index is 0.0480. The molecule has 6 heteroatoms. The minimum atomic E-state index is 0.0480. The molecule has 1 aliphatic rings. The van der Waals surface area contributed by atoms with Crippen LogP contribution in [0.25, 0.3) is 0 Å². The van der Waals surface area contributed by atoms with Crippen LogP contribution in [0.2, 0.25) is 0 Å². The highest BCUT2D eigenvalue weighted by molar-refractivity contribution is 5.78. The van der Waals surface area contributed by atoms with E-state index >= 15 is 0 Å². The van der Waals surface area contributed by atoms with E-state index < -0.39 is 0 Å². The lowest BCUT2D eigenvalue weighted by molar-refractivity contribution is -0.125. The van der Waals surface area contributed by atoms with Gasteiger partial charge in [-0.05, 0) is 26.2 Å². The fourth-order valence-corrected chi connectivity index (χ4v) is 2.83. The summed E-state index contributed by atoms with van der Waals surface area (Å²) < 4.78 is 5.43. The number of aromatic nitrogens is 2. The summed E-state index contributed by atoms with van der Waals surface area (Å²) in [5, 5.41) is 7.20. The maximum absolute atomic E-state index is 11.8. The van der Waals surface area contributed by atoms with Crippen LogP contribution < -0.4 is 5.32 Å². The molecular formula is C17H30N4O2. The first-order valence-corrected chi connectivity index (χ1v) is 8.88. The Bertz CT molecular complexity index is 493. The van der Waals surface area contributed by atoms with Crippen molar-refractivity contribution in [2.75, 3.05) is 13.1 Å². The van der Waals surface area contributed by atoms with Crippen molar-refractivity contribution in [2.24, 2.45) is 5.92 Å².